The van der Waals surface area contributed by atoms with Crippen molar-refractivity contribution in [2.24, 2.45) is 0 Å². The molecule has 106 valence electrons. The van der Waals surface area contributed by atoms with Gasteiger partial charge in [0.25, 0.3) is 5.91 Å². The molecule has 0 bridgehead atoms. The molecular formula is C14H15NO4S. The molecule has 1 atom stereocenters. The van der Waals surface area contributed by atoms with Crippen molar-refractivity contribution in [3.05, 3.63) is 34.7 Å². The summed E-state index contributed by atoms with van der Waals surface area (Å²) in [7, 11) is 1.30. The smallest absolute Gasteiger partial charge is 0.334 e. The van der Waals surface area contributed by atoms with Crippen molar-refractivity contribution in [3.63, 3.8) is 0 Å². The van der Waals surface area contributed by atoms with Gasteiger partial charge in [0.05, 0.1) is 12.1 Å². The van der Waals surface area contributed by atoms with Crippen molar-refractivity contribution in [2.75, 3.05) is 13.7 Å². The van der Waals surface area contributed by atoms with Gasteiger partial charge in [-0.3, -0.25) is 4.79 Å². The van der Waals surface area contributed by atoms with Crippen molar-refractivity contribution < 1.29 is 19.4 Å². The van der Waals surface area contributed by atoms with Crippen molar-refractivity contribution in [1.29, 1.82) is 0 Å². The lowest BCUT2D eigenvalue weighted by atomic mass is 10.1. The molecule has 5 nitrogen and oxygen atoms in total. The first-order valence-corrected chi connectivity index (χ1v) is 6.92. The van der Waals surface area contributed by atoms with E-state index < -0.39 is 12.1 Å². The Kier molecular flexibility index (Phi) is 4.36. The van der Waals surface area contributed by atoms with E-state index in [0.29, 0.717) is 5.56 Å². The van der Waals surface area contributed by atoms with Gasteiger partial charge >= 0.3 is 5.97 Å². The van der Waals surface area contributed by atoms with Crippen molar-refractivity contribution in [3.8, 4) is 0 Å². The van der Waals surface area contributed by atoms with E-state index in [1.165, 1.54) is 18.4 Å². The number of hydrogen-bond donors (Lipinski definition) is 2. The summed E-state index contributed by atoms with van der Waals surface area (Å²) in [5.74, 6) is -1.39. The molecule has 0 spiro atoms. The van der Waals surface area contributed by atoms with Gasteiger partial charge in [-0.1, -0.05) is 12.1 Å². The second-order valence-corrected chi connectivity index (χ2v) is 5.33. The van der Waals surface area contributed by atoms with Crippen molar-refractivity contribution >= 4 is 33.3 Å². The maximum absolute atomic E-state index is 12.1. The van der Waals surface area contributed by atoms with Crippen LogP contribution in [-0.4, -0.2) is 36.7 Å². The number of thiophene rings is 1. The predicted octanol–water partition coefficient (Wildman–Crippen LogP) is 2.04. The second-order valence-electron chi connectivity index (χ2n) is 4.42. The Morgan fingerprint density at radius 3 is 2.85 bits per heavy atom. The summed E-state index contributed by atoms with van der Waals surface area (Å²) in [6, 6.07) is 5.87. The SMILES string of the molecule is COC(CNC(=O)c1csc2cc(C)ccc12)C(=O)O. The first-order chi connectivity index (χ1) is 9.52. The zero-order valence-corrected chi connectivity index (χ0v) is 12.0. The van der Waals surface area contributed by atoms with Crippen LogP contribution < -0.4 is 5.32 Å². The summed E-state index contributed by atoms with van der Waals surface area (Å²) in [6.45, 7) is 1.93. The number of carbonyl (C=O) groups is 2. The van der Waals surface area contributed by atoms with Gasteiger partial charge in [0, 0.05) is 22.6 Å². The number of fused-ring (bicyclic) bond motifs is 1. The molecule has 2 N–H and O–H groups in total. The number of benzene rings is 1. The minimum atomic E-state index is -1.10. The third kappa shape index (κ3) is 2.97. The Morgan fingerprint density at radius 1 is 1.45 bits per heavy atom. The standard InChI is InChI=1S/C14H15NO4S/c1-8-3-4-9-10(7-20-12(9)5-8)13(16)15-6-11(19-2)14(17)18/h3-5,7,11H,6H2,1-2H3,(H,15,16)(H,17,18). The van der Waals surface area contributed by atoms with Gasteiger partial charge in [0.15, 0.2) is 6.10 Å². The molecule has 0 saturated carbocycles. The first kappa shape index (κ1) is 14.5. The molecule has 0 radical (unpaired) electrons. The molecule has 2 aromatic rings. The van der Waals surface area contributed by atoms with E-state index >= 15 is 0 Å². The van der Waals surface area contributed by atoms with Gasteiger partial charge in [-0.05, 0) is 18.6 Å². The largest absolute Gasteiger partial charge is 0.479 e. The highest BCUT2D eigenvalue weighted by atomic mass is 32.1. The van der Waals surface area contributed by atoms with Crippen LogP contribution in [0.1, 0.15) is 15.9 Å². The molecule has 1 amide bonds. The van der Waals surface area contributed by atoms with Gasteiger partial charge in [-0.25, -0.2) is 4.79 Å². The Morgan fingerprint density at radius 2 is 2.20 bits per heavy atom. The third-order valence-corrected chi connectivity index (χ3v) is 3.93. The van der Waals surface area contributed by atoms with Crippen LogP contribution in [0.25, 0.3) is 10.1 Å². The number of nitrogens with one attached hydrogen (secondary N) is 1. The number of carbonyl (C=O) groups excluding carboxylic acids is 1. The molecule has 0 aliphatic carbocycles. The highest BCUT2D eigenvalue weighted by molar-refractivity contribution is 7.17. The molecule has 1 heterocycles. The fraction of sp³-hybridized carbons (Fsp3) is 0.286. The fourth-order valence-corrected chi connectivity index (χ4v) is 2.90. The maximum atomic E-state index is 12.1. The Balaban J connectivity index is 2.14. The second kappa shape index (κ2) is 6.02. The topological polar surface area (TPSA) is 75.6 Å². The summed E-state index contributed by atoms with van der Waals surface area (Å²) >= 11 is 1.49. The first-order valence-electron chi connectivity index (χ1n) is 6.04. The summed E-state index contributed by atoms with van der Waals surface area (Å²) < 4.78 is 5.81. The van der Waals surface area contributed by atoms with E-state index in [1.54, 1.807) is 5.38 Å². The lowest BCUT2D eigenvalue weighted by Crippen LogP contribution is -2.37. The van der Waals surface area contributed by atoms with Crippen LogP contribution >= 0.6 is 11.3 Å². The number of aliphatic carboxylic acids is 1. The number of hydrogen-bond acceptors (Lipinski definition) is 4. The van der Waals surface area contributed by atoms with E-state index in [4.69, 9.17) is 9.84 Å². The van der Waals surface area contributed by atoms with E-state index in [1.807, 2.05) is 25.1 Å². The third-order valence-electron chi connectivity index (χ3n) is 2.98. The average Bonchev–Trinajstić information content (AvgIpc) is 2.81. The van der Waals surface area contributed by atoms with Crippen LogP contribution in [0.3, 0.4) is 0 Å². The minimum absolute atomic E-state index is 0.0616. The monoisotopic (exact) mass is 293 g/mol. The predicted molar refractivity (Wildman–Crippen MR) is 77.3 cm³/mol. The maximum Gasteiger partial charge on any atom is 0.334 e. The van der Waals surface area contributed by atoms with E-state index in [0.717, 1.165) is 15.6 Å². The summed E-state index contributed by atoms with van der Waals surface area (Å²) in [4.78, 5) is 22.9. The molecule has 1 aromatic carbocycles. The van der Waals surface area contributed by atoms with Crippen LogP contribution in [0, 0.1) is 6.92 Å². The van der Waals surface area contributed by atoms with E-state index in [-0.39, 0.29) is 12.5 Å². The molecule has 0 fully saturated rings. The number of carboxylic acid groups (broad SMARTS) is 1. The average molecular weight is 293 g/mol. The molecular weight excluding hydrogens is 278 g/mol. The zero-order valence-electron chi connectivity index (χ0n) is 11.2. The van der Waals surface area contributed by atoms with Gasteiger partial charge in [-0.15, -0.1) is 11.3 Å². The van der Waals surface area contributed by atoms with E-state index in [9.17, 15) is 9.59 Å². The number of methoxy groups -OCH3 is 1. The van der Waals surface area contributed by atoms with Crippen molar-refractivity contribution in [1.82, 2.24) is 5.32 Å². The summed E-state index contributed by atoms with van der Waals surface area (Å²) in [5, 5.41) is 14.1. The number of aryl methyl sites for hydroxylation is 1. The van der Waals surface area contributed by atoms with Crippen LogP contribution in [0.2, 0.25) is 0 Å². The molecule has 0 aliphatic rings. The van der Waals surface area contributed by atoms with E-state index in [2.05, 4.69) is 5.32 Å². The summed E-state index contributed by atoms with van der Waals surface area (Å²) in [5.41, 5.74) is 1.70. The fourth-order valence-electron chi connectivity index (χ4n) is 1.86. The number of amides is 1. The van der Waals surface area contributed by atoms with Gasteiger partial charge in [0.1, 0.15) is 0 Å². The molecule has 1 unspecified atom stereocenters. The van der Waals surface area contributed by atoms with Gasteiger partial charge < -0.3 is 15.2 Å². The molecule has 2 rings (SSSR count). The van der Waals surface area contributed by atoms with Gasteiger partial charge in [-0.2, -0.15) is 0 Å². The van der Waals surface area contributed by atoms with Crippen LogP contribution in [-0.2, 0) is 9.53 Å². The Bertz CT molecular complexity index is 650. The quantitative estimate of drug-likeness (QED) is 0.884. The molecule has 20 heavy (non-hydrogen) atoms. The molecule has 1 aromatic heterocycles. The molecule has 0 saturated heterocycles. The zero-order chi connectivity index (χ0) is 14.7. The highest BCUT2D eigenvalue weighted by Gasteiger charge is 2.19. The van der Waals surface area contributed by atoms with Crippen LogP contribution in [0.4, 0.5) is 0 Å². The Labute approximate surface area is 120 Å². The molecule has 0 aliphatic heterocycles. The normalized spacial score (nSPS) is 12.3. The minimum Gasteiger partial charge on any atom is -0.479 e. The number of carboxylic acids is 1. The summed E-state index contributed by atoms with van der Waals surface area (Å²) in [6.07, 6.45) is -1.04. The lowest BCUT2D eigenvalue weighted by Gasteiger charge is -2.11. The van der Waals surface area contributed by atoms with Crippen LogP contribution in [0.15, 0.2) is 23.6 Å². The van der Waals surface area contributed by atoms with Crippen LogP contribution in [0.5, 0.6) is 0 Å². The highest BCUT2D eigenvalue weighted by Crippen LogP contribution is 2.26. The number of rotatable bonds is 5. The number of ether oxygens (including phenoxy) is 1. The molecule has 6 heteroatoms. The van der Waals surface area contributed by atoms with Gasteiger partial charge in [0.2, 0.25) is 0 Å². The lowest BCUT2D eigenvalue weighted by molar-refractivity contribution is -0.148. The van der Waals surface area contributed by atoms with Crippen molar-refractivity contribution in [2.45, 2.75) is 13.0 Å². The Hall–Kier alpha value is -1.92.